The van der Waals surface area contributed by atoms with Crippen molar-refractivity contribution in [2.24, 2.45) is 4.99 Å². The zero-order valence-corrected chi connectivity index (χ0v) is 20.3. The van der Waals surface area contributed by atoms with Gasteiger partial charge in [0.2, 0.25) is 5.91 Å². The average Bonchev–Trinajstić information content (AvgIpc) is 3.31. The number of pyridine rings is 1. The van der Waals surface area contributed by atoms with Crippen LogP contribution in [0.25, 0.3) is 0 Å². The van der Waals surface area contributed by atoms with E-state index in [1.165, 1.54) is 12.3 Å². The van der Waals surface area contributed by atoms with Crippen LogP contribution >= 0.6 is 22.9 Å². The number of anilines is 1. The number of thiazole rings is 1. The number of hydrogen-bond acceptors (Lipinski definition) is 7. The fourth-order valence-corrected chi connectivity index (χ4v) is 4.11. The Hall–Kier alpha value is -3.03. The van der Waals surface area contributed by atoms with Crippen molar-refractivity contribution in [2.75, 3.05) is 38.7 Å². The molecule has 2 N–H and O–H groups in total. The SMILES string of the molecule is C/N=C(\C=C\C(=O)NC(C)c1ncc(C(=O)Nc2cc(C(F)(F)F)c(Cl)cn2)s1)N1CCOCC1. The highest BCUT2D eigenvalue weighted by molar-refractivity contribution is 7.13. The Morgan fingerprint density at radius 2 is 1.97 bits per heavy atom. The molecule has 14 heteroatoms. The number of amides is 2. The van der Waals surface area contributed by atoms with Crippen LogP contribution in [-0.4, -0.2) is 65.9 Å². The summed E-state index contributed by atoms with van der Waals surface area (Å²) in [6, 6.07) is 0.136. The Bertz CT molecular complexity index is 1130. The number of nitrogens with zero attached hydrogens (tertiary/aromatic N) is 4. The van der Waals surface area contributed by atoms with E-state index in [0.29, 0.717) is 43.2 Å². The van der Waals surface area contributed by atoms with Crippen LogP contribution < -0.4 is 10.6 Å². The van der Waals surface area contributed by atoms with E-state index in [-0.39, 0.29) is 16.6 Å². The number of alkyl halides is 3. The molecule has 0 spiro atoms. The quantitative estimate of drug-likeness (QED) is 0.336. The van der Waals surface area contributed by atoms with Gasteiger partial charge in [-0.15, -0.1) is 11.3 Å². The maximum Gasteiger partial charge on any atom is 0.418 e. The third-order valence-electron chi connectivity index (χ3n) is 4.83. The molecule has 0 radical (unpaired) electrons. The summed E-state index contributed by atoms with van der Waals surface area (Å²) in [6.45, 7) is 4.24. The summed E-state index contributed by atoms with van der Waals surface area (Å²) in [4.78, 5) is 39.0. The number of rotatable bonds is 6. The van der Waals surface area contributed by atoms with Crippen molar-refractivity contribution in [3.63, 3.8) is 0 Å². The molecule has 2 aromatic heterocycles. The fraction of sp³-hybridized carbons (Fsp3) is 0.381. The molecule has 3 rings (SSSR count). The zero-order valence-electron chi connectivity index (χ0n) is 18.7. The number of carbonyl (C=O) groups is 2. The minimum Gasteiger partial charge on any atom is -0.378 e. The minimum atomic E-state index is -4.69. The summed E-state index contributed by atoms with van der Waals surface area (Å²) >= 11 is 6.54. The number of ether oxygens (including phenoxy) is 1. The first-order chi connectivity index (χ1) is 16.6. The van der Waals surface area contributed by atoms with Crippen LogP contribution in [0, 0.1) is 0 Å². The Labute approximate surface area is 208 Å². The van der Waals surface area contributed by atoms with Crippen molar-refractivity contribution in [1.82, 2.24) is 20.2 Å². The number of amidine groups is 1. The zero-order chi connectivity index (χ0) is 25.6. The third-order valence-corrected chi connectivity index (χ3v) is 6.31. The number of nitrogens with one attached hydrogen (secondary N) is 2. The lowest BCUT2D eigenvalue weighted by atomic mass is 10.2. The molecule has 2 aromatic rings. The first kappa shape index (κ1) is 26.6. The Morgan fingerprint density at radius 1 is 1.26 bits per heavy atom. The van der Waals surface area contributed by atoms with Gasteiger partial charge in [0.25, 0.3) is 5.91 Å². The average molecular weight is 531 g/mol. The highest BCUT2D eigenvalue weighted by Crippen LogP contribution is 2.35. The first-order valence-corrected chi connectivity index (χ1v) is 11.6. The third kappa shape index (κ3) is 7.23. The van der Waals surface area contributed by atoms with Crippen LogP contribution in [0.5, 0.6) is 0 Å². The summed E-state index contributed by atoms with van der Waals surface area (Å²) in [5.41, 5.74) is -1.11. The molecular formula is C21H22ClF3N6O3S. The second-order valence-electron chi connectivity index (χ2n) is 7.31. The van der Waals surface area contributed by atoms with Crippen molar-refractivity contribution in [1.29, 1.82) is 0 Å². The van der Waals surface area contributed by atoms with E-state index < -0.39 is 28.7 Å². The van der Waals surface area contributed by atoms with E-state index in [4.69, 9.17) is 16.3 Å². The van der Waals surface area contributed by atoms with Crippen molar-refractivity contribution < 1.29 is 27.5 Å². The fourth-order valence-electron chi connectivity index (χ4n) is 3.08. The van der Waals surface area contributed by atoms with E-state index >= 15 is 0 Å². The topological polar surface area (TPSA) is 109 Å². The van der Waals surface area contributed by atoms with Gasteiger partial charge in [-0.2, -0.15) is 13.2 Å². The van der Waals surface area contributed by atoms with E-state index in [1.807, 2.05) is 4.90 Å². The lowest BCUT2D eigenvalue weighted by Gasteiger charge is -2.28. The number of hydrogen-bond donors (Lipinski definition) is 2. The van der Waals surface area contributed by atoms with Gasteiger partial charge in [0.05, 0.1) is 36.0 Å². The van der Waals surface area contributed by atoms with Crippen molar-refractivity contribution in [3.05, 3.63) is 51.1 Å². The maximum atomic E-state index is 13.0. The van der Waals surface area contributed by atoms with Gasteiger partial charge in [0, 0.05) is 32.4 Å². The Balaban J connectivity index is 1.59. The molecule has 1 saturated heterocycles. The predicted molar refractivity (Wildman–Crippen MR) is 126 cm³/mol. The summed E-state index contributed by atoms with van der Waals surface area (Å²) < 4.78 is 44.3. The molecule has 1 atom stereocenters. The summed E-state index contributed by atoms with van der Waals surface area (Å²) in [6.07, 6.45) is 0.374. The van der Waals surface area contributed by atoms with Crippen LogP contribution in [0.2, 0.25) is 5.02 Å². The molecular weight excluding hydrogens is 509 g/mol. The largest absolute Gasteiger partial charge is 0.418 e. The number of halogens is 4. The van der Waals surface area contributed by atoms with E-state index in [1.54, 1.807) is 20.0 Å². The molecule has 1 aliphatic heterocycles. The van der Waals surface area contributed by atoms with Crippen LogP contribution in [0.3, 0.4) is 0 Å². The molecule has 3 heterocycles. The van der Waals surface area contributed by atoms with Gasteiger partial charge in [0.1, 0.15) is 21.5 Å². The summed E-state index contributed by atoms with van der Waals surface area (Å²) in [7, 11) is 1.64. The molecule has 0 aliphatic carbocycles. The highest BCUT2D eigenvalue weighted by Gasteiger charge is 2.34. The van der Waals surface area contributed by atoms with Gasteiger partial charge in [-0.25, -0.2) is 9.97 Å². The molecule has 9 nitrogen and oxygen atoms in total. The lowest BCUT2D eigenvalue weighted by molar-refractivity contribution is -0.137. The number of aromatic nitrogens is 2. The number of morpholine rings is 1. The van der Waals surface area contributed by atoms with Crippen LogP contribution in [0.4, 0.5) is 19.0 Å². The monoisotopic (exact) mass is 530 g/mol. The van der Waals surface area contributed by atoms with Crippen molar-refractivity contribution >= 4 is 46.4 Å². The Morgan fingerprint density at radius 3 is 2.63 bits per heavy atom. The molecule has 35 heavy (non-hydrogen) atoms. The van der Waals surface area contributed by atoms with Gasteiger partial charge in [-0.05, 0) is 19.1 Å². The molecule has 0 bridgehead atoms. The van der Waals surface area contributed by atoms with Crippen LogP contribution in [0.1, 0.15) is 33.2 Å². The van der Waals surface area contributed by atoms with Gasteiger partial charge < -0.3 is 20.3 Å². The second-order valence-corrected chi connectivity index (χ2v) is 8.78. The summed E-state index contributed by atoms with van der Waals surface area (Å²) in [5, 5.41) is 4.92. The summed E-state index contributed by atoms with van der Waals surface area (Å²) in [5.74, 6) is -0.710. The molecule has 188 valence electrons. The van der Waals surface area contributed by atoms with Crippen molar-refractivity contribution in [2.45, 2.75) is 19.1 Å². The molecule has 1 unspecified atom stereocenters. The van der Waals surface area contributed by atoms with E-state index in [2.05, 4.69) is 25.6 Å². The Kier molecular flexibility index (Phi) is 8.81. The number of aliphatic imine (C=N–C) groups is 1. The van der Waals surface area contributed by atoms with Gasteiger partial charge in [-0.3, -0.25) is 14.6 Å². The smallest absolute Gasteiger partial charge is 0.378 e. The van der Waals surface area contributed by atoms with Crippen LogP contribution in [-0.2, 0) is 15.7 Å². The van der Waals surface area contributed by atoms with Gasteiger partial charge >= 0.3 is 6.18 Å². The highest BCUT2D eigenvalue weighted by atomic mass is 35.5. The second kappa shape index (κ2) is 11.6. The van der Waals surface area contributed by atoms with E-state index in [9.17, 15) is 22.8 Å². The lowest BCUT2D eigenvalue weighted by Crippen LogP contribution is -2.40. The molecule has 1 aliphatic rings. The molecule has 2 amide bonds. The van der Waals surface area contributed by atoms with Crippen LogP contribution in [0.15, 0.2) is 35.6 Å². The molecule has 1 fully saturated rings. The minimum absolute atomic E-state index is 0.134. The predicted octanol–water partition coefficient (Wildman–Crippen LogP) is 3.56. The molecule has 0 saturated carbocycles. The van der Waals surface area contributed by atoms with Gasteiger partial charge in [-0.1, -0.05) is 11.6 Å². The van der Waals surface area contributed by atoms with Crippen molar-refractivity contribution in [3.8, 4) is 0 Å². The molecule has 0 aromatic carbocycles. The van der Waals surface area contributed by atoms with E-state index in [0.717, 1.165) is 17.5 Å². The standard InChI is InChI=1S/C21H22ClF3N6O3S/c1-12(29-18(32)4-3-17(26-2)31-5-7-34-8-6-31)20-28-11-15(35-20)19(33)30-16-9-13(21(23,24)25)14(22)10-27-16/h3-4,9-12H,5-8H2,1-2H3,(H,29,32)(H,27,30,33)/b4-3+,26-17+. The normalized spacial score (nSPS) is 15.8. The van der Waals surface area contributed by atoms with Gasteiger partial charge in [0.15, 0.2) is 0 Å². The maximum absolute atomic E-state index is 13.0. The first-order valence-electron chi connectivity index (χ1n) is 10.4. The number of carbonyl (C=O) groups excluding carboxylic acids is 2.